The summed E-state index contributed by atoms with van der Waals surface area (Å²) >= 11 is 0. The molecule has 0 spiro atoms. The van der Waals surface area contributed by atoms with Crippen LogP contribution < -0.4 is 0 Å². The Labute approximate surface area is 124 Å². The summed E-state index contributed by atoms with van der Waals surface area (Å²) in [5, 5.41) is 26.2. The van der Waals surface area contributed by atoms with E-state index in [0.29, 0.717) is 12.8 Å². The van der Waals surface area contributed by atoms with Gasteiger partial charge in [-0.1, -0.05) is 10.2 Å². The van der Waals surface area contributed by atoms with Gasteiger partial charge in [0.1, 0.15) is 0 Å². The molecule has 0 aliphatic carbocycles. The van der Waals surface area contributed by atoms with Crippen molar-refractivity contribution in [1.82, 2.24) is 0 Å². The van der Waals surface area contributed by atoms with Gasteiger partial charge in [0.15, 0.2) is 0 Å². The number of nitrogens with zero attached hydrogens (tertiary/aromatic N) is 6. The molecule has 0 saturated heterocycles. The minimum Gasteiger partial charge on any atom is -0.393 e. The third kappa shape index (κ3) is 9.95. The zero-order valence-corrected chi connectivity index (χ0v) is 13.0. The smallest absolute Gasteiger partial charge is 0.0658 e. The highest BCUT2D eigenvalue weighted by Crippen LogP contribution is 2.28. The molecule has 0 aromatic heterocycles. The molecule has 0 aromatic carbocycles. The summed E-state index contributed by atoms with van der Waals surface area (Å²) in [6, 6.07) is 0. The lowest BCUT2D eigenvalue weighted by Crippen LogP contribution is -2.42. The lowest BCUT2D eigenvalue weighted by molar-refractivity contribution is -0.148. The highest BCUT2D eigenvalue weighted by molar-refractivity contribution is 4.83. The highest BCUT2D eigenvalue weighted by atomic mass is 16.5. The van der Waals surface area contributed by atoms with E-state index >= 15 is 0 Å². The van der Waals surface area contributed by atoms with Crippen molar-refractivity contribution in [3.63, 3.8) is 0 Å². The lowest BCUT2D eigenvalue weighted by atomic mass is 9.95. The standard InChI is InChI=1S/C12H24N6O3/c1-11(2,5-9(19)7-15-17-13)21-12(3,4)6-10(20)8-16-18-14/h9-10,19-20H,5-8H2,1-4H3. The van der Waals surface area contributed by atoms with Crippen LogP contribution in [0.4, 0.5) is 0 Å². The van der Waals surface area contributed by atoms with E-state index in [9.17, 15) is 10.2 Å². The van der Waals surface area contributed by atoms with Crippen LogP contribution >= 0.6 is 0 Å². The first-order valence-electron chi connectivity index (χ1n) is 6.70. The molecule has 0 heterocycles. The number of rotatable bonds is 10. The van der Waals surface area contributed by atoms with Crippen LogP contribution in [0.3, 0.4) is 0 Å². The SMILES string of the molecule is CC(C)(CC(O)CN=[N+]=[N-])OC(C)(C)CC(O)CN=[N+]=[N-]. The fourth-order valence-corrected chi connectivity index (χ4v) is 2.36. The molecule has 120 valence electrons. The molecule has 0 aliphatic rings. The molecule has 0 bridgehead atoms. The zero-order valence-electron chi connectivity index (χ0n) is 13.0. The number of ether oxygens (including phenoxy) is 1. The topological polar surface area (TPSA) is 147 Å². The molecule has 2 unspecified atom stereocenters. The average Bonchev–Trinajstić information content (AvgIpc) is 2.30. The monoisotopic (exact) mass is 300 g/mol. The summed E-state index contributed by atoms with van der Waals surface area (Å²) in [7, 11) is 0. The Hall–Kier alpha value is -1.50. The van der Waals surface area contributed by atoms with Crippen LogP contribution in [0.2, 0.25) is 0 Å². The molecule has 9 nitrogen and oxygen atoms in total. The highest BCUT2D eigenvalue weighted by Gasteiger charge is 2.32. The second kappa shape index (κ2) is 8.71. The van der Waals surface area contributed by atoms with Crippen molar-refractivity contribution >= 4 is 0 Å². The largest absolute Gasteiger partial charge is 0.393 e. The van der Waals surface area contributed by atoms with Gasteiger partial charge in [-0.3, -0.25) is 0 Å². The van der Waals surface area contributed by atoms with Gasteiger partial charge in [-0.15, -0.1) is 0 Å². The maximum absolute atomic E-state index is 9.76. The first-order valence-corrected chi connectivity index (χ1v) is 6.70. The third-order valence-electron chi connectivity index (χ3n) is 2.72. The molecule has 0 fully saturated rings. The van der Waals surface area contributed by atoms with E-state index < -0.39 is 23.4 Å². The van der Waals surface area contributed by atoms with Gasteiger partial charge in [-0.05, 0) is 38.8 Å². The van der Waals surface area contributed by atoms with Crippen LogP contribution in [0, 0.1) is 0 Å². The second-order valence-electron chi connectivity index (χ2n) is 6.16. The lowest BCUT2D eigenvalue weighted by Gasteiger charge is -2.38. The second-order valence-corrected chi connectivity index (χ2v) is 6.16. The summed E-state index contributed by atoms with van der Waals surface area (Å²) in [4.78, 5) is 5.20. The maximum atomic E-state index is 9.76. The Morgan fingerprint density at radius 3 is 1.52 bits per heavy atom. The Morgan fingerprint density at radius 2 is 1.24 bits per heavy atom. The predicted molar refractivity (Wildman–Crippen MR) is 78.5 cm³/mol. The Balaban J connectivity index is 4.51. The van der Waals surface area contributed by atoms with Crippen molar-refractivity contribution in [1.29, 1.82) is 0 Å². The predicted octanol–water partition coefficient (Wildman–Crippen LogP) is 2.68. The van der Waals surface area contributed by atoms with Gasteiger partial charge in [0.25, 0.3) is 0 Å². The Bertz CT molecular complexity index is 375. The normalized spacial score (nSPS) is 14.8. The van der Waals surface area contributed by atoms with Crippen molar-refractivity contribution in [3.8, 4) is 0 Å². The molecule has 0 aromatic rings. The first-order chi connectivity index (χ1) is 9.62. The molecule has 0 rings (SSSR count). The molecule has 0 radical (unpaired) electrons. The van der Waals surface area contributed by atoms with Gasteiger partial charge < -0.3 is 14.9 Å². The van der Waals surface area contributed by atoms with E-state index in [-0.39, 0.29) is 13.1 Å². The quantitative estimate of drug-likeness (QED) is 0.363. The van der Waals surface area contributed by atoms with Crippen molar-refractivity contribution in [2.24, 2.45) is 10.2 Å². The van der Waals surface area contributed by atoms with E-state index in [1.807, 2.05) is 27.7 Å². The van der Waals surface area contributed by atoms with E-state index in [4.69, 9.17) is 15.8 Å². The summed E-state index contributed by atoms with van der Waals surface area (Å²) < 4.78 is 5.94. The van der Waals surface area contributed by atoms with Crippen molar-refractivity contribution in [2.45, 2.75) is 63.9 Å². The third-order valence-corrected chi connectivity index (χ3v) is 2.72. The molecule has 0 aliphatic heterocycles. The summed E-state index contributed by atoms with van der Waals surface area (Å²) in [5.74, 6) is 0. The summed E-state index contributed by atoms with van der Waals surface area (Å²) in [6.45, 7) is 7.23. The van der Waals surface area contributed by atoms with Crippen molar-refractivity contribution in [3.05, 3.63) is 20.9 Å². The van der Waals surface area contributed by atoms with E-state index in [1.165, 1.54) is 0 Å². The van der Waals surface area contributed by atoms with Crippen LogP contribution in [0.1, 0.15) is 40.5 Å². The molecular weight excluding hydrogens is 276 g/mol. The molecule has 21 heavy (non-hydrogen) atoms. The van der Waals surface area contributed by atoms with Gasteiger partial charge in [0.2, 0.25) is 0 Å². The molecular formula is C12H24N6O3. The minimum atomic E-state index is -0.792. The van der Waals surface area contributed by atoms with E-state index in [0.717, 1.165) is 0 Å². The van der Waals surface area contributed by atoms with Crippen molar-refractivity contribution < 1.29 is 14.9 Å². The molecule has 0 saturated carbocycles. The Kier molecular flexibility index (Phi) is 8.09. The van der Waals surface area contributed by atoms with Crippen LogP contribution in [0.5, 0.6) is 0 Å². The number of hydrogen-bond acceptors (Lipinski definition) is 5. The zero-order chi connectivity index (χ0) is 16.5. The van der Waals surface area contributed by atoms with Gasteiger partial charge in [-0.2, -0.15) is 0 Å². The van der Waals surface area contributed by atoms with Crippen LogP contribution in [-0.4, -0.2) is 46.7 Å². The fourth-order valence-electron chi connectivity index (χ4n) is 2.36. The van der Waals surface area contributed by atoms with Gasteiger partial charge in [0, 0.05) is 22.7 Å². The van der Waals surface area contributed by atoms with Crippen LogP contribution in [-0.2, 0) is 4.74 Å². The molecule has 0 amide bonds. The molecule has 2 atom stereocenters. The maximum Gasteiger partial charge on any atom is 0.0658 e. The molecule has 2 N–H and O–H groups in total. The van der Waals surface area contributed by atoms with E-state index in [1.54, 1.807) is 0 Å². The Morgan fingerprint density at radius 1 is 0.905 bits per heavy atom. The van der Waals surface area contributed by atoms with Gasteiger partial charge in [-0.25, -0.2) is 0 Å². The summed E-state index contributed by atoms with van der Waals surface area (Å²) in [5.41, 5.74) is 15.1. The van der Waals surface area contributed by atoms with Gasteiger partial charge in [0.05, 0.1) is 36.5 Å². The van der Waals surface area contributed by atoms with E-state index in [2.05, 4.69) is 20.1 Å². The number of aliphatic hydroxyl groups is 2. The summed E-state index contributed by atoms with van der Waals surface area (Å²) in [6.07, 6.45) is -0.997. The van der Waals surface area contributed by atoms with Crippen LogP contribution in [0.15, 0.2) is 10.2 Å². The number of hydrogen-bond donors (Lipinski definition) is 2. The van der Waals surface area contributed by atoms with Gasteiger partial charge >= 0.3 is 0 Å². The molecule has 9 heteroatoms. The number of aliphatic hydroxyl groups excluding tert-OH is 2. The fraction of sp³-hybridized carbons (Fsp3) is 1.00. The average molecular weight is 300 g/mol. The number of azide groups is 2. The minimum absolute atomic E-state index is 0.0107. The van der Waals surface area contributed by atoms with Crippen molar-refractivity contribution in [2.75, 3.05) is 13.1 Å². The van der Waals surface area contributed by atoms with Crippen LogP contribution in [0.25, 0.3) is 20.9 Å². The first kappa shape index (κ1) is 19.5.